The van der Waals surface area contributed by atoms with Gasteiger partial charge in [-0.3, -0.25) is 0 Å². The van der Waals surface area contributed by atoms with Crippen LogP contribution in [0.1, 0.15) is 0 Å². The number of nitrogens with zero attached hydrogens (tertiary/aromatic N) is 2. The Hall–Kier alpha value is -8.20. The first-order valence-corrected chi connectivity index (χ1v) is 21.3. The number of fused-ring (bicyclic) bond motifs is 8. The molecule has 0 N–H and O–H groups in total. The molecule has 0 aliphatic heterocycles. The third-order valence-corrected chi connectivity index (χ3v) is 12.6. The Morgan fingerprint density at radius 1 is 0.274 bits per heavy atom. The molecule has 0 aliphatic carbocycles. The average molecular weight is 789 g/mol. The Balaban J connectivity index is 0.997. The number of hydrogen-bond donors (Lipinski definition) is 0. The van der Waals surface area contributed by atoms with Crippen LogP contribution in [0.3, 0.4) is 0 Å². The Bertz CT molecular complexity index is 3560. The predicted molar refractivity (Wildman–Crippen MR) is 264 cm³/mol. The van der Waals surface area contributed by atoms with Gasteiger partial charge in [-0.2, -0.15) is 0 Å². The van der Waals surface area contributed by atoms with Crippen LogP contribution in [-0.4, -0.2) is 4.57 Å². The van der Waals surface area contributed by atoms with Crippen LogP contribution in [0.15, 0.2) is 243 Å². The molecule has 0 radical (unpaired) electrons. The van der Waals surface area contributed by atoms with Crippen molar-refractivity contribution < 1.29 is 0 Å². The van der Waals surface area contributed by atoms with Gasteiger partial charge in [-0.1, -0.05) is 182 Å². The number of para-hydroxylation sites is 3. The van der Waals surface area contributed by atoms with E-state index in [1.165, 1.54) is 81.9 Å². The van der Waals surface area contributed by atoms with E-state index in [2.05, 4.69) is 252 Å². The van der Waals surface area contributed by atoms with E-state index in [1.807, 2.05) is 0 Å². The molecule has 0 saturated carbocycles. The van der Waals surface area contributed by atoms with Crippen molar-refractivity contribution in [3.8, 4) is 39.1 Å². The highest BCUT2D eigenvalue weighted by atomic mass is 15.1. The molecule has 0 bridgehead atoms. The van der Waals surface area contributed by atoms with Crippen LogP contribution in [0.5, 0.6) is 0 Å². The Morgan fingerprint density at radius 3 is 1.53 bits per heavy atom. The van der Waals surface area contributed by atoms with Gasteiger partial charge in [0.1, 0.15) is 0 Å². The lowest BCUT2D eigenvalue weighted by molar-refractivity contribution is 1.18. The van der Waals surface area contributed by atoms with Crippen LogP contribution in [0.25, 0.3) is 93.2 Å². The average Bonchev–Trinajstić information content (AvgIpc) is 3.69. The maximum atomic E-state index is 2.42. The molecule has 0 aliphatic rings. The number of aromatic nitrogens is 1. The van der Waals surface area contributed by atoms with Crippen LogP contribution in [0, 0.1) is 0 Å². The molecule has 0 unspecified atom stereocenters. The Labute approximate surface area is 360 Å². The summed E-state index contributed by atoms with van der Waals surface area (Å²) in [5.74, 6) is 0. The third-order valence-electron chi connectivity index (χ3n) is 12.6. The predicted octanol–water partition coefficient (Wildman–Crippen LogP) is 16.7. The number of benzene rings is 11. The van der Waals surface area contributed by atoms with Crippen LogP contribution < -0.4 is 4.90 Å². The standard InChI is InChI=1S/C60H40N2/c1-2-15-41(16-3-1)42-31-35-47(36-32-42)61(49-19-14-18-45(39-49)56-40-46-30-29-43-17-4-5-21-51(43)60(46)55-25-7-6-22-52(55)56)48-37-33-44(34-38-48)50-20-8-11-26-57(50)62-58-27-12-9-23-53(58)54-24-10-13-28-59(54)62/h1-40H. The van der Waals surface area contributed by atoms with E-state index in [9.17, 15) is 0 Å². The van der Waals surface area contributed by atoms with Crippen LogP contribution in [-0.2, 0) is 0 Å². The maximum Gasteiger partial charge on any atom is 0.0541 e. The van der Waals surface area contributed by atoms with Crippen molar-refractivity contribution in [2.24, 2.45) is 0 Å². The SMILES string of the molecule is c1ccc(-c2ccc(N(c3ccc(-c4ccccc4-n4c5ccccc5c5ccccc54)cc3)c3cccc(-c4cc5ccc6ccccc6c5c5ccccc45)c3)cc2)cc1. The fourth-order valence-electron chi connectivity index (χ4n) is 9.70. The fraction of sp³-hybridized carbons (Fsp3) is 0. The summed E-state index contributed by atoms with van der Waals surface area (Å²) >= 11 is 0. The molecule has 11 aromatic carbocycles. The topological polar surface area (TPSA) is 8.17 Å². The Morgan fingerprint density at radius 2 is 0.806 bits per heavy atom. The van der Waals surface area contributed by atoms with E-state index in [-0.39, 0.29) is 0 Å². The summed E-state index contributed by atoms with van der Waals surface area (Å²) in [6.07, 6.45) is 0. The summed E-state index contributed by atoms with van der Waals surface area (Å²) in [6, 6.07) is 88.4. The van der Waals surface area contributed by atoms with E-state index >= 15 is 0 Å². The first-order chi connectivity index (χ1) is 30.8. The van der Waals surface area contributed by atoms with Gasteiger partial charge in [-0.15, -0.1) is 0 Å². The summed E-state index contributed by atoms with van der Waals surface area (Å²) in [7, 11) is 0. The maximum absolute atomic E-state index is 2.42. The zero-order valence-corrected chi connectivity index (χ0v) is 34.0. The highest BCUT2D eigenvalue weighted by Gasteiger charge is 2.19. The smallest absolute Gasteiger partial charge is 0.0541 e. The minimum absolute atomic E-state index is 1.09. The van der Waals surface area contributed by atoms with Crippen molar-refractivity contribution >= 4 is 71.2 Å². The van der Waals surface area contributed by atoms with Crippen LogP contribution >= 0.6 is 0 Å². The summed E-state index contributed by atoms with van der Waals surface area (Å²) in [5.41, 5.74) is 14.0. The van der Waals surface area contributed by atoms with Gasteiger partial charge in [0.2, 0.25) is 0 Å². The molecule has 0 fully saturated rings. The van der Waals surface area contributed by atoms with E-state index in [0.717, 1.165) is 28.3 Å². The van der Waals surface area contributed by atoms with E-state index in [0.29, 0.717) is 0 Å². The van der Waals surface area contributed by atoms with Gasteiger partial charge in [-0.25, -0.2) is 0 Å². The van der Waals surface area contributed by atoms with Crippen molar-refractivity contribution in [1.29, 1.82) is 0 Å². The molecule has 0 amide bonds. The normalized spacial score (nSPS) is 11.5. The van der Waals surface area contributed by atoms with Crippen molar-refractivity contribution in [2.45, 2.75) is 0 Å². The zero-order valence-electron chi connectivity index (χ0n) is 34.0. The lowest BCUT2D eigenvalue weighted by atomic mass is 9.90. The van der Waals surface area contributed by atoms with Gasteiger partial charge in [0, 0.05) is 33.4 Å². The van der Waals surface area contributed by atoms with Crippen LogP contribution in [0.2, 0.25) is 0 Å². The van der Waals surface area contributed by atoms with Gasteiger partial charge in [0.15, 0.2) is 0 Å². The monoisotopic (exact) mass is 788 g/mol. The number of hydrogen-bond acceptors (Lipinski definition) is 1. The van der Waals surface area contributed by atoms with E-state index in [4.69, 9.17) is 0 Å². The van der Waals surface area contributed by atoms with Crippen molar-refractivity contribution in [3.63, 3.8) is 0 Å². The highest BCUT2D eigenvalue weighted by Crippen LogP contribution is 2.43. The summed E-state index contributed by atoms with van der Waals surface area (Å²) in [4.78, 5) is 2.39. The minimum atomic E-state index is 1.09. The second-order valence-corrected chi connectivity index (χ2v) is 16.1. The molecular formula is C60H40N2. The second-order valence-electron chi connectivity index (χ2n) is 16.1. The summed E-state index contributed by atoms with van der Waals surface area (Å²) < 4.78 is 2.42. The third kappa shape index (κ3) is 5.96. The largest absolute Gasteiger partial charge is 0.310 e. The lowest BCUT2D eigenvalue weighted by Gasteiger charge is -2.27. The quantitative estimate of drug-likeness (QED) is 0.146. The molecule has 0 spiro atoms. The van der Waals surface area contributed by atoms with Crippen LogP contribution in [0.4, 0.5) is 17.1 Å². The van der Waals surface area contributed by atoms with Crippen molar-refractivity contribution in [2.75, 3.05) is 4.90 Å². The van der Waals surface area contributed by atoms with Gasteiger partial charge in [-0.05, 0) is 121 Å². The molecule has 12 rings (SSSR count). The molecule has 12 aromatic rings. The molecule has 0 atom stereocenters. The van der Waals surface area contributed by atoms with Gasteiger partial charge in [0.05, 0.1) is 16.7 Å². The molecular weight excluding hydrogens is 749 g/mol. The van der Waals surface area contributed by atoms with Gasteiger partial charge in [0.25, 0.3) is 0 Å². The lowest BCUT2D eigenvalue weighted by Crippen LogP contribution is -2.10. The number of anilines is 3. The summed E-state index contributed by atoms with van der Waals surface area (Å²) in [5, 5.41) is 10.1. The van der Waals surface area contributed by atoms with Crippen molar-refractivity contribution in [3.05, 3.63) is 243 Å². The molecule has 1 aromatic heterocycles. The molecule has 62 heavy (non-hydrogen) atoms. The Kier molecular flexibility index (Phi) is 8.53. The number of rotatable bonds is 7. The highest BCUT2D eigenvalue weighted by molar-refractivity contribution is 6.23. The molecule has 1 heterocycles. The summed E-state index contributed by atoms with van der Waals surface area (Å²) in [6.45, 7) is 0. The van der Waals surface area contributed by atoms with Gasteiger partial charge < -0.3 is 9.47 Å². The van der Waals surface area contributed by atoms with Crippen molar-refractivity contribution in [1.82, 2.24) is 4.57 Å². The van der Waals surface area contributed by atoms with Gasteiger partial charge >= 0.3 is 0 Å². The molecule has 2 nitrogen and oxygen atoms in total. The molecule has 0 saturated heterocycles. The zero-order chi connectivity index (χ0) is 41.0. The molecule has 290 valence electrons. The second kappa shape index (κ2) is 14.8. The van der Waals surface area contributed by atoms with E-state index < -0.39 is 0 Å². The minimum Gasteiger partial charge on any atom is -0.310 e. The fourth-order valence-corrected chi connectivity index (χ4v) is 9.70. The first-order valence-electron chi connectivity index (χ1n) is 21.3. The van der Waals surface area contributed by atoms with E-state index in [1.54, 1.807) is 0 Å². The first kappa shape index (κ1) is 35.7. The molecule has 2 heteroatoms.